The normalized spacial score (nSPS) is 13.0. The maximum atomic E-state index is 12.7. The van der Waals surface area contributed by atoms with Crippen molar-refractivity contribution in [2.45, 2.75) is 45.7 Å². The number of rotatable bonds is 4. The van der Waals surface area contributed by atoms with E-state index in [-0.39, 0.29) is 36.1 Å². The summed E-state index contributed by atoms with van der Waals surface area (Å²) in [4.78, 5) is 12.7. The second-order valence-corrected chi connectivity index (χ2v) is 32.8. The Balaban J connectivity index is 0.00000264. The average molecular weight is 550 g/mol. The minimum atomic E-state index is -2.13. The quantitative estimate of drug-likeness (QED) is 0.436. The van der Waals surface area contributed by atoms with Crippen LogP contribution in [0.1, 0.15) is 43.1 Å². The number of halogens is 2. The molecule has 6 heteroatoms. The predicted octanol–water partition coefficient (Wildman–Crippen LogP) is -1.92. The Morgan fingerprint density at radius 2 is 1.88 bits per heavy atom. The number of allylic oxidation sites excluding steroid dienone is 4. The Bertz CT molecular complexity index is 624. The summed E-state index contributed by atoms with van der Waals surface area (Å²) in [6.45, 7) is 11.3. The molecule has 1 aromatic rings. The molecule has 1 aromatic carbocycles. The number of amides is 1. The zero-order chi connectivity index (χ0) is 16.3. The minimum Gasteiger partial charge on any atom is -1.00 e. The summed E-state index contributed by atoms with van der Waals surface area (Å²) in [5, 5.41) is 0. The van der Waals surface area contributed by atoms with Crippen molar-refractivity contribution in [1.82, 2.24) is 3.30 Å². The van der Waals surface area contributed by atoms with Gasteiger partial charge in [-0.3, -0.25) is 0 Å². The second-order valence-electron chi connectivity index (χ2n) is 7.18. The Morgan fingerprint density at radius 3 is 2.38 bits per heavy atom. The molecule has 0 saturated carbocycles. The molecule has 0 aromatic heterocycles. The van der Waals surface area contributed by atoms with Gasteiger partial charge in [0.15, 0.2) is 0 Å². The largest absolute Gasteiger partial charge is 1.00 e. The Morgan fingerprint density at radius 1 is 1.21 bits per heavy atom. The fraction of sp³-hybridized carbons (Fsp3) is 0.389. The molecule has 0 fully saturated rings. The molecule has 0 atom stereocenters. The van der Waals surface area contributed by atoms with Crippen LogP contribution >= 0.6 is 0 Å². The fourth-order valence-corrected chi connectivity index (χ4v) is 21.7. The van der Waals surface area contributed by atoms with Gasteiger partial charge in [0.05, 0.1) is 0 Å². The summed E-state index contributed by atoms with van der Waals surface area (Å²) in [5.41, 5.74) is 2.11. The first kappa shape index (κ1) is 23.8. The molecular weight excluding hydrogens is 524 g/mol. The summed E-state index contributed by atoms with van der Waals surface area (Å²) >= 11 is -2.13. The van der Waals surface area contributed by atoms with Crippen LogP contribution in [0.4, 0.5) is 0 Å². The van der Waals surface area contributed by atoms with Crippen molar-refractivity contribution in [2.24, 2.45) is 0 Å². The van der Waals surface area contributed by atoms with E-state index in [1.54, 1.807) is 3.33 Å². The molecule has 0 unspecified atom stereocenters. The van der Waals surface area contributed by atoms with E-state index in [0.29, 0.717) is 0 Å². The van der Waals surface area contributed by atoms with Crippen molar-refractivity contribution in [3.63, 3.8) is 0 Å². The van der Waals surface area contributed by atoms with Gasteiger partial charge in [0.1, 0.15) is 0 Å². The smallest absolute Gasteiger partial charge is 1.00 e. The standard InChI is InChI=1S/C11H15NO.C5H5.C2H7Si.2ClH.Hf/c1-11(2,3)9-6-4-5-8(7-9)10(12)13;1-2-4-5-3-1;1-3-2;;;/h4-7H,1-3H3,(H2,12,13);1-3H,4H2;3H,1-2H3;2*1H;/q;;;;;+3/p-3. The summed E-state index contributed by atoms with van der Waals surface area (Å²) in [5.74, 6) is -0.650. The van der Waals surface area contributed by atoms with E-state index < -0.39 is 26.9 Å². The Labute approximate surface area is 167 Å². The van der Waals surface area contributed by atoms with Gasteiger partial charge in [0.25, 0.3) is 0 Å². The van der Waals surface area contributed by atoms with Gasteiger partial charge in [0.2, 0.25) is 0 Å². The third kappa shape index (κ3) is 6.29. The molecular formula is C18H26Cl2HfNOSi. The van der Waals surface area contributed by atoms with Crippen LogP contribution in [-0.4, -0.2) is 11.9 Å². The molecule has 131 valence electrons. The maximum absolute atomic E-state index is 12.7. The third-order valence-corrected chi connectivity index (χ3v) is 27.4. The van der Waals surface area contributed by atoms with Crippen molar-refractivity contribution in [3.8, 4) is 0 Å². The number of carbonyl (C=O) groups excluding carboxylic acids is 1. The van der Waals surface area contributed by atoms with Crippen molar-refractivity contribution < 1.29 is 50.5 Å². The first-order valence-corrected chi connectivity index (χ1v) is 20.6. The fourth-order valence-electron chi connectivity index (χ4n) is 2.56. The van der Waals surface area contributed by atoms with Gasteiger partial charge >= 0.3 is 144 Å². The molecule has 2 nitrogen and oxygen atoms in total. The van der Waals surface area contributed by atoms with Gasteiger partial charge < -0.3 is 24.8 Å². The Kier molecular flexibility index (Phi) is 10.0. The first-order chi connectivity index (χ1) is 10.3. The molecule has 0 spiro atoms. The predicted molar refractivity (Wildman–Crippen MR) is 93.3 cm³/mol. The number of hydrogen-bond donors (Lipinski definition) is 1. The molecule has 0 aliphatic heterocycles. The molecule has 0 heterocycles. The van der Waals surface area contributed by atoms with Crippen LogP contribution in [0.15, 0.2) is 45.8 Å². The number of hydrogen-bond acceptors (Lipinski definition) is 1. The van der Waals surface area contributed by atoms with Crippen LogP contribution in [0.2, 0.25) is 13.1 Å². The van der Waals surface area contributed by atoms with Crippen LogP contribution in [0.25, 0.3) is 0 Å². The second kappa shape index (κ2) is 10.1. The number of nitrogens with one attached hydrogen (secondary N) is 1. The van der Waals surface area contributed by atoms with Crippen molar-refractivity contribution in [1.29, 1.82) is 0 Å². The van der Waals surface area contributed by atoms with Gasteiger partial charge in [-0.1, -0.05) is 0 Å². The van der Waals surface area contributed by atoms with E-state index in [0.717, 1.165) is 12.0 Å². The monoisotopic (exact) mass is 550 g/mol. The Hall–Kier alpha value is -0.163. The summed E-state index contributed by atoms with van der Waals surface area (Å²) < 4.78 is 5.04. The van der Waals surface area contributed by atoms with Gasteiger partial charge in [-0.2, -0.15) is 0 Å². The summed E-state index contributed by atoms with van der Waals surface area (Å²) in [6.07, 6.45) is 7.67. The van der Waals surface area contributed by atoms with Gasteiger partial charge in [-0.05, 0) is 0 Å². The summed E-state index contributed by atoms with van der Waals surface area (Å²) in [7, 11) is 0. The molecule has 1 aliphatic carbocycles. The van der Waals surface area contributed by atoms with Gasteiger partial charge in [-0.15, -0.1) is 0 Å². The van der Waals surface area contributed by atoms with Crippen LogP contribution in [-0.2, 0) is 26.3 Å². The van der Waals surface area contributed by atoms with E-state index >= 15 is 0 Å². The molecule has 1 N–H and O–H groups in total. The zero-order valence-electron chi connectivity index (χ0n) is 15.0. The molecule has 24 heavy (non-hydrogen) atoms. The minimum absolute atomic E-state index is 0. The van der Waals surface area contributed by atoms with Crippen LogP contribution < -0.4 is 28.1 Å². The molecule has 2 rings (SSSR count). The first-order valence-electron chi connectivity index (χ1n) is 7.94. The molecule has 0 saturated heterocycles. The van der Waals surface area contributed by atoms with Gasteiger partial charge in [0, 0.05) is 0 Å². The van der Waals surface area contributed by atoms with Crippen molar-refractivity contribution in [2.75, 3.05) is 0 Å². The van der Waals surface area contributed by atoms with E-state index in [2.05, 4.69) is 67.5 Å². The number of benzene rings is 1. The molecule has 0 radical (unpaired) electrons. The van der Waals surface area contributed by atoms with E-state index in [4.69, 9.17) is 0 Å². The van der Waals surface area contributed by atoms with Gasteiger partial charge in [-0.25, -0.2) is 0 Å². The molecule has 1 aliphatic rings. The van der Waals surface area contributed by atoms with Crippen molar-refractivity contribution >= 4 is 11.9 Å². The summed E-state index contributed by atoms with van der Waals surface area (Å²) in [6, 6.07) is 8.11. The van der Waals surface area contributed by atoms with E-state index in [1.165, 1.54) is 5.56 Å². The third-order valence-electron chi connectivity index (χ3n) is 3.93. The molecule has 0 bridgehead atoms. The zero-order valence-corrected chi connectivity index (χ0v) is 21.2. The van der Waals surface area contributed by atoms with E-state index in [1.807, 2.05) is 12.1 Å². The van der Waals surface area contributed by atoms with Crippen LogP contribution in [0.3, 0.4) is 0 Å². The average Bonchev–Trinajstić information content (AvgIpc) is 2.97. The topological polar surface area (TPSA) is 29.1 Å². The maximum Gasteiger partial charge on any atom is -1.00 e. The SMILES string of the molecule is C[SiH](C)[Hf+2]([NH]C(=O)c1cccc(C(C)(C)C)c1)[C]1=CC=CC1.[Cl-].[Cl-]. The van der Waals surface area contributed by atoms with Crippen LogP contribution in [0, 0.1) is 0 Å². The van der Waals surface area contributed by atoms with Crippen LogP contribution in [0.5, 0.6) is 0 Å². The van der Waals surface area contributed by atoms with E-state index in [9.17, 15) is 4.79 Å². The number of carbonyl (C=O) groups is 1. The van der Waals surface area contributed by atoms with Crippen molar-refractivity contribution in [3.05, 3.63) is 57.0 Å². The molecule has 1 amide bonds.